The fourth-order valence-corrected chi connectivity index (χ4v) is 2.82. The molecule has 0 fully saturated rings. The summed E-state index contributed by atoms with van der Waals surface area (Å²) in [6.45, 7) is 1.72. The largest absolute Gasteiger partial charge is 0.472 e. The summed E-state index contributed by atoms with van der Waals surface area (Å²) in [7, 11) is 0. The van der Waals surface area contributed by atoms with Gasteiger partial charge in [0, 0.05) is 10.6 Å². The molecule has 128 valence electrons. The van der Waals surface area contributed by atoms with E-state index >= 15 is 0 Å². The molecule has 4 nitrogen and oxygen atoms in total. The second-order valence-corrected chi connectivity index (χ2v) is 6.16. The van der Waals surface area contributed by atoms with Crippen LogP contribution in [0.5, 0.6) is 5.75 Å². The van der Waals surface area contributed by atoms with Gasteiger partial charge >= 0.3 is 0 Å². The van der Waals surface area contributed by atoms with Crippen molar-refractivity contribution in [1.82, 2.24) is 5.32 Å². The van der Waals surface area contributed by atoms with Crippen LogP contribution in [-0.4, -0.2) is 12.6 Å². The van der Waals surface area contributed by atoms with Gasteiger partial charge in [-0.3, -0.25) is 4.79 Å². The molecule has 3 rings (SSSR count). The van der Waals surface area contributed by atoms with E-state index in [1.165, 1.54) is 0 Å². The van der Waals surface area contributed by atoms with Crippen molar-refractivity contribution in [1.29, 1.82) is 0 Å². The van der Waals surface area contributed by atoms with Crippen molar-refractivity contribution in [3.63, 3.8) is 0 Å². The van der Waals surface area contributed by atoms with E-state index in [4.69, 9.17) is 32.4 Å². The van der Waals surface area contributed by atoms with Crippen LogP contribution in [0.1, 0.15) is 16.1 Å². The van der Waals surface area contributed by atoms with Crippen molar-refractivity contribution < 1.29 is 13.9 Å². The van der Waals surface area contributed by atoms with Crippen LogP contribution in [0, 0.1) is 6.92 Å². The number of hydrogen-bond donors (Lipinski definition) is 1. The van der Waals surface area contributed by atoms with E-state index in [9.17, 15) is 4.79 Å². The van der Waals surface area contributed by atoms with Crippen LogP contribution in [-0.2, 0) is 0 Å². The van der Waals surface area contributed by atoms with Crippen molar-refractivity contribution in [2.45, 2.75) is 6.92 Å². The Morgan fingerprint density at radius 3 is 2.72 bits per heavy atom. The minimum Gasteiger partial charge on any atom is -0.472 e. The number of ether oxygens (including phenoxy) is 1. The fourth-order valence-electron chi connectivity index (χ4n) is 2.43. The SMILES string of the molecule is Cc1occ(-c2cccc(Cl)c2)c1C(=O)NCOc1ccccc1Cl. The molecular weight excluding hydrogens is 361 g/mol. The first-order chi connectivity index (χ1) is 12.1. The summed E-state index contributed by atoms with van der Waals surface area (Å²) in [5.74, 6) is 0.724. The maximum absolute atomic E-state index is 12.6. The zero-order chi connectivity index (χ0) is 17.8. The molecule has 0 aliphatic carbocycles. The highest BCUT2D eigenvalue weighted by molar-refractivity contribution is 6.32. The molecule has 0 aliphatic heterocycles. The van der Waals surface area contributed by atoms with Gasteiger partial charge in [-0.05, 0) is 36.8 Å². The lowest BCUT2D eigenvalue weighted by molar-refractivity contribution is 0.0918. The number of furan rings is 1. The normalized spacial score (nSPS) is 10.5. The Morgan fingerprint density at radius 2 is 1.96 bits per heavy atom. The van der Waals surface area contributed by atoms with Crippen LogP contribution in [0.25, 0.3) is 11.1 Å². The molecule has 0 unspecified atom stereocenters. The molecule has 3 aromatic rings. The highest BCUT2D eigenvalue weighted by Gasteiger charge is 2.19. The van der Waals surface area contributed by atoms with Crippen molar-refractivity contribution in [3.8, 4) is 16.9 Å². The van der Waals surface area contributed by atoms with E-state index < -0.39 is 0 Å². The third-order valence-corrected chi connectivity index (χ3v) is 4.18. The molecule has 0 atom stereocenters. The van der Waals surface area contributed by atoms with Crippen LogP contribution >= 0.6 is 23.2 Å². The van der Waals surface area contributed by atoms with Crippen LogP contribution in [0.2, 0.25) is 10.0 Å². The topological polar surface area (TPSA) is 51.5 Å². The minimum absolute atomic E-state index is 0.0117. The van der Waals surface area contributed by atoms with Crippen molar-refractivity contribution in [2.24, 2.45) is 0 Å². The van der Waals surface area contributed by atoms with Gasteiger partial charge in [0.15, 0.2) is 6.73 Å². The summed E-state index contributed by atoms with van der Waals surface area (Å²) in [4.78, 5) is 12.6. The lowest BCUT2D eigenvalue weighted by Crippen LogP contribution is -2.28. The summed E-state index contributed by atoms with van der Waals surface area (Å²) in [5, 5.41) is 3.78. The van der Waals surface area contributed by atoms with Crippen molar-refractivity contribution >= 4 is 29.1 Å². The van der Waals surface area contributed by atoms with Gasteiger partial charge in [0.05, 0.1) is 16.8 Å². The molecule has 6 heteroatoms. The van der Waals surface area contributed by atoms with Gasteiger partial charge in [0.25, 0.3) is 5.91 Å². The monoisotopic (exact) mass is 375 g/mol. The van der Waals surface area contributed by atoms with Gasteiger partial charge < -0.3 is 14.5 Å². The highest BCUT2D eigenvalue weighted by Crippen LogP contribution is 2.29. The number of aryl methyl sites for hydroxylation is 1. The Labute approximate surface area is 155 Å². The summed E-state index contributed by atoms with van der Waals surface area (Å²) in [6.07, 6.45) is 1.55. The Morgan fingerprint density at radius 1 is 1.16 bits per heavy atom. The summed E-state index contributed by atoms with van der Waals surface area (Å²) in [5.41, 5.74) is 1.93. The number of nitrogens with one attached hydrogen (secondary N) is 1. The number of benzene rings is 2. The molecule has 1 amide bonds. The number of carbonyl (C=O) groups is 1. The molecule has 2 aromatic carbocycles. The maximum Gasteiger partial charge on any atom is 0.258 e. The average Bonchev–Trinajstić information content (AvgIpc) is 2.98. The first-order valence-electron chi connectivity index (χ1n) is 7.56. The predicted molar refractivity (Wildman–Crippen MR) is 98.3 cm³/mol. The maximum atomic E-state index is 12.6. The van der Waals surface area contributed by atoms with Crippen LogP contribution in [0.4, 0.5) is 0 Å². The fraction of sp³-hybridized carbons (Fsp3) is 0.105. The van der Waals surface area contributed by atoms with E-state index in [0.717, 1.165) is 5.56 Å². The number of carbonyl (C=O) groups excluding carboxylic acids is 1. The highest BCUT2D eigenvalue weighted by atomic mass is 35.5. The predicted octanol–water partition coefficient (Wildman–Crippen LogP) is 5.33. The van der Waals surface area contributed by atoms with Gasteiger partial charge in [-0.25, -0.2) is 0 Å². The molecule has 1 aromatic heterocycles. The third-order valence-electron chi connectivity index (χ3n) is 3.63. The Balaban J connectivity index is 1.74. The lowest BCUT2D eigenvalue weighted by Gasteiger charge is -2.10. The van der Waals surface area contributed by atoms with E-state index in [-0.39, 0.29) is 12.6 Å². The smallest absolute Gasteiger partial charge is 0.258 e. The lowest BCUT2D eigenvalue weighted by atomic mass is 10.0. The first-order valence-corrected chi connectivity index (χ1v) is 8.31. The van der Waals surface area contributed by atoms with Gasteiger partial charge in [0.1, 0.15) is 11.5 Å². The van der Waals surface area contributed by atoms with E-state index in [2.05, 4.69) is 5.32 Å². The summed E-state index contributed by atoms with van der Waals surface area (Å²) in [6, 6.07) is 14.3. The Bertz CT molecular complexity index is 905. The second-order valence-electron chi connectivity index (χ2n) is 5.32. The zero-order valence-electron chi connectivity index (χ0n) is 13.4. The molecule has 0 bridgehead atoms. The summed E-state index contributed by atoms with van der Waals surface area (Å²) < 4.78 is 10.9. The standard InChI is InChI=1S/C19H15Cl2NO3/c1-12-18(15(10-24-12)13-5-4-6-14(20)9-13)19(23)22-11-25-17-8-3-2-7-16(17)21/h2-10H,11H2,1H3,(H,22,23). The number of amides is 1. The number of rotatable bonds is 5. The molecule has 0 saturated carbocycles. The molecule has 0 spiro atoms. The van der Waals surface area contributed by atoms with Crippen LogP contribution < -0.4 is 10.1 Å². The average molecular weight is 376 g/mol. The van der Waals surface area contributed by atoms with Gasteiger partial charge in [-0.1, -0.05) is 47.5 Å². The zero-order valence-corrected chi connectivity index (χ0v) is 14.9. The molecular formula is C19H15Cl2NO3. The van der Waals surface area contributed by atoms with Crippen LogP contribution in [0.15, 0.2) is 59.2 Å². The number of halogens is 2. The third kappa shape index (κ3) is 3.98. The molecule has 0 radical (unpaired) electrons. The van der Waals surface area contributed by atoms with Gasteiger partial charge in [-0.15, -0.1) is 0 Å². The number of para-hydroxylation sites is 1. The Hall–Kier alpha value is -2.43. The molecule has 1 N–H and O–H groups in total. The Kier molecular flexibility index (Phi) is 5.31. The first kappa shape index (κ1) is 17.4. The minimum atomic E-state index is -0.298. The molecule has 25 heavy (non-hydrogen) atoms. The molecule has 0 saturated heterocycles. The second kappa shape index (κ2) is 7.64. The molecule has 0 aliphatic rings. The van der Waals surface area contributed by atoms with E-state index in [1.54, 1.807) is 49.6 Å². The quantitative estimate of drug-likeness (QED) is 0.613. The summed E-state index contributed by atoms with van der Waals surface area (Å²) >= 11 is 12.1. The van der Waals surface area contributed by atoms with E-state index in [0.29, 0.717) is 32.7 Å². The number of hydrogen-bond acceptors (Lipinski definition) is 3. The van der Waals surface area contributed by atoms with Crippen LogP contribution in [0.3, 0.4) is 0 Å². The van der Waals surface area contributed by atoms with E-state index in [1.807, 2.05) is 12.1 Å². The van der Waals surface area contributed by atoms with Crippen molar-refractivity contribution in [2.75, 3.05) is 6.73 Å². The van der Waals surface area contributed by atoms with Gasteiger partial charge in [0.2, 0.25) is 0 Å². The molecule has 1 heterocycles. The van der Waals surface area contributed by atoms with Crippen molar-refractivity contribution in [3.05, 3.63) is 76.2 Å². The van der Waals surface area contributed by atoms with Gasteiger partial charge in [-0.2, -0.15) is 0 Å².